The summed E-state index contributed by atoms with van der Waals surface area (Å²) in [5.74, 6) is 0. The molecule has 6 heteroatoms. The molecule has 0 bridgehead atoms. The summed E-state index contributed by atoms with van der Waals surface area (Å²) in [6.45, 7) is 0.592. The molecule has 5 nitrogen and oxygen atoms in total. The smallest absolute Gasteiger partial charge is 0.240 e. The monoisotopic (exact) mass is 291 g/mol. The highest BCUT2D eigenvalue weighted by molar-refractivity contribution is 7.89. The average Bonchev–Trinajstić information content (AvgIpc) is 2.49. The van der Waals surface area contributed by atoms with Gasteiger partial charge in [-0.05, 0) is 36.9 Å². The molecule has 2 aromatic rings. The van der Waals surface area contributed by atoms with Crippen molar-refractivity contribution in [3.8, 4) is 0 Å². The first kappa shape index (κ1) is 14.5. The molecular formula is C14H17N3O2S. The van der Waals surface area contributed by atoms with Gasteiger partial charge >= 0.3 is 0 Å². The van der Waals surface area contributed by atoms with Gasteiger partial charge in [-0.1, -0.05) is 30.3 Å². The van der Waals surface area contributed by atoms with Crippen LogP contribution < -0.4 is 15.6 Å². The van der Waals surface area contributed by atoms with Crippen molar-refractivity contribution in [1.82, 2.24) is 10.1 Å². The fourth-order valence-electron chi connectivity index (χ4n) is 1.67. The van der Waals surface area contributed by atoms with Crippen LogP contribution in [0.25, 0.3) is 0 Å². The Morgan fingerprint density at radius 3 is 2.20 bits per heavy atom. The van der Waals surface area contributed by atoms with Crippen LogP contribution in [0.4, 0.5) is 5.69 Å². The van der Waals surface area contributed by atoms with Crippen LogP contribution >= 0.6 is 0 Å². The van der Waals surface area contributed by atoms with E-state index in [-0.39, 0.29) is 4.90 Å². The van der Waals surface area contributed by atoms with Crippen LogP contribution in [0.1, 0.15) is 5.56 Å². The molecule has 0 aliphatic carbocycles. The number of anilines is 1. The summed E-state index contributed by atoms with van der Waals surface area (Å²) in [7, 11) is -1.97. The summed E-state index contributed by atoms with van der Waals surface area (Å²) in [6.07, 6.45) is 0. The summed E-state index contributed by atoms with van der Waals surface area (Å²) in [5.41, 5.74) is 8.11. The lowest BCUT2D eigenvalue weighted by Gasteiger charge is -2.09. The van der Waals surface area contributed by atoms with Gasteiger partial charge in [-0.3, -0.25) is 0 Å². The molecule has 0 fully saturated rings. The van der Waals surface area contributed by atoms with Gasteiger partial charge in [-0.25, -0.2) is 18.6 Å². The standard InChI is InChI=1S/C14H17N3O2S/c1-15-20(18,19)14-9-7-12(8-10-14)11-16-17-13-5-3-2-4-6-13/h2-10,15-17H,11H2,1H3. The van der Waals surface area contributed by atoms with Gasteiger partial charge < -0.3 is 5.43 Å². The molecule has 0 spiro atoms. The number of benzene rings is 2. The maximum Gasteiger partial charge on any atom is 0.240 e. The van der Waals surface area contributed by atoms with E-state index in [0.29, 0.717) is 6.54 Å². The Kier molecular flexibility index (Phi) is 4.73. The third-order valence-electron chi connectivity index (χ3n) is 2.80. The Bertz CT molecular complexity index is 640. The molecule has 0 amide bonds. The zero-order valence-electron chi connectivity index (χ0n) is 11.1. The molecule has 2 aromatic carbocycles. The molecule has 3 N–H and O–H groups in total. The van der Waals surface area contributed by atoms with E-state index in [0.717, 1.165) is 11.3 Å². The Morgan fingerprint density at radius 1 is 0.950 bits per heavy atom. The van der Waals surface area contributed by atoms with E-state index >= 15 is 0 Å². The summed E-state index contributed by atoms with van der Waals surface area (Å²) in [5, 5.41) is 0. The number of rotatable bonds is 6. The summed E-state index contributed by atoms with van der Waals surface area (Å²) in [6, 6.07) is 16.5. The minimum absolute atomic E-state index is 0.264. The van der Waals surface area contributed by atoms with Gasteiger partial charge in [0, 0.05) is 12.2 Å². The predicted molar refractivity (Wildman–Crippen MR) is 79.6 cm³/mol. The van der Waals surface area contributed by atoms with Gasteiger partial charge in [-0.2, -0.15) is 0 Å². The highest BCUT2D eigenvalue weighted by Gasteiger charge is 2.09. The maximum atomic E-state index is 11.6. The van der Waals surface area contributed by atoms with Gasteiger partial charge in [0.2, 0.25) is 10.0 Å². The lowest BCUT2D eigenvalue weighted by atomic mass is 10.2. The molecule has 2 rings (SSSR count). The van der Waals surface area contributed by atoms with Crippen LogP contribution in [0.2, 0.25) is 0 Å². The molecule has 0 unspecified atom stereocenters. The van der Waals surface area contributed by atoms with Crippen LogP contribution in [0, 0.1) is 0 Å². The highest BCUT2D eigenvalue weighted by atomic mass is 32.2. The molecule has 0 atom stereocenters. The van der Waals surface area contributed by atoms with E-state index in [2.05, 4.69) is 15.6 Å². The van der Waals surface area contributed by atoms with E-state index in [1.54, 1.807) is 24.3 Å². The first-order chi connectivity index (χ1) is 9.62. The third kappa shape index (κ3) is 3.80. The van der Waals surface area contributed by atoms with Crippen molar-refractivity contribution in [2.75, 3.05) is 12.5 Å². The zero-order valence-corrected chi connectivity index (χ0v) is 11.9. The largest absolute Gasteiger partial charge is 0.321 e. The van der Waals surface area contributed by atoms with E-state index in [4.69, 9.17) is 0 Å². The van der Waals surface area contributed by atoms with E-state index in [1.165, 1.54) is 7.05 Å². The quantitative estimate of drug-likeness (QED) is 0.709. The van der Waals surface area contributed by atoms with Crippen molar-refractivity contribution in [2.45, 2.75) is 11.4 Å². The van der Waals surface area contributed by atoms with Crippen LogP contribution in [-0.4, -0.2) is 15.5 Å². The maximum absolute atomic E-state index is 11.6. The summed E-state index contributed by atoms with van der Waals surface area (Å²) in [4.78, 5) is 0.264. The number of hydrogen-bond donors (Lipinski definition) is 3. The zero-order chi connectivity index (χ0) is 14.4. The van der Waals surface area contributed by atoms with Gasteiger partial charge in [-0.15, -0.1) is 0 Å². The molecule has 0 radical (unpaired) electrons. The highest BCUT2D eigenvalue weighted by Crippen LogP contribution is 2.10. The lowest BCUT2D eigenvalue weighted by molar-refractivity contribution is 0.588. The predicted octanol–water partition coefficient (Wildman–Crippen LogP) is 1.71. The average molecular weight is 291 g/mol. The number of hydrazine groups is 1. The number of hydrogen-bond acceptors (Lipinski definition) is 4. The van der Waals surface area contributed by atoms with Gasteiger partial charge in [0.05, 0.1) is 4.90 Å². The lowest BCUT2D eigenvalue weighted by Crippen LogP contribution is -2.21. The number of sulfonamides is 1. The second-order valence-corrected chi connectivity index (χ2v) is 6.08. The molecule has 0 saturated carbocycles. The normalized spacial score (nSPS) is 11.2. The number of para-hydroxylation sites is 1. The van der Waals surface area contributed by atoms with Crippen LogP contribution in [0.3, 0.4) is 0 Å². The topological polar surface area (TPSA) is 70.2 Å². The second kappa shape index (κ2) is 6.51. The van der Waals surface area contributed by atoms with Crippen molar-refractivity contribution in [1.29, 1.82) is 0 Å². The molecule has 0 aliphatic rings. The van der Waals surface area contributed by atoms with Gasteiger partial charge in [0.1, 0.15) is 0 Å². The molecule has 106 valence electrons. The van der Waals surface area contributed by atoms with Crippen molar-refractivity contribution in [2.24, 2.45) is 0 Å². The van der Waals surface area contributed by atoms with E-state index in [9.17, 15) is 8.42 Å². The molecule has 0 aliphatic heterocycles. The SMILES string of the molecule is CNS(=O)(=O)c1ccc(CNNc2ccccc2)cc1. The second-order valence-electron chi connectivity index (χ2n) is 4.20. The van der Waals surface area contributed by atoms with Crippen molar-refractivity contribution in [3.05, 3.63) is 60.2 Å². The van der Waals surface area contributed by atoms with E-state index < -0.39 is 10.0 Å². The van der Waals surface area contributed by atoms with Crippen molar-refractivity contribution < 1.29 is 8.42 Å². The Labute approximate surface area is 119 Å². The first-order valence-electron chi connectivity index (χ1n) is 6.18. The Morgan fingerprint density at radius 2 is 1.60 bits per heavy atom. The fraction of sp³-hybridized carbons (Fsp3) is 0.143. The third-order valence-corrected chi connectivity index (χ3v) is 4.23. The fourth-order valence-corrected chi connectivity index (χ4v) is 2.40. The van der Waals surface area contributed by atoms with Crippen molar-refractivity contribution >= 4 is 15.7 Å². The minimum atomic E-state index is -3.36. The van der Waals surface area contributed by atoms with Gasteiger partial charge in [0.25, 0.3) is 0 Å². The van der Waals surface area contributed by atoms with Crippen LogP contribution in [0.15, 0.2) is 59.5 Å². The molecule has 0 heterocycles. The van der Waals surface area contributed by atoms with Gasteiger partial charge in [0.15, 0.2) is 0 Å². The Hall–Kier alpha value is -1.89. The van der Waals surface area contributed by atoms with Crippen LogP contribution in [-0.2, 0) is 16.6 Å². The first-order valence-corrected chi connectivity index (χ1v) is 7.66. The van der Waals surface area contributed by atoms with Crippen molar-refractivity contribution in [3.63, 3.8) is 0 Å². The molecule has 20 heavy (non-hydrogen) atoms. The molecule has 0 saturated heterocycles. The molecular weight excluding hydrogens is 274 g/mol. The minimum Gasteiger partial charge on any atom is -0.321 e. The van der Waals surface area contributed by atoms with Crippen LogP contribution in [0.5, 0.6) is 0 Å². The Balaban J connectivity index is 1.92. The number of nitrogens with one attached hydrogen (secondary N) is 3. The molecule has 0 aromatic heterocycles. The van der Waals surface area contributed by atoms with E-state index in [1.807, 2.05) is 30.3 Å². The summed E-state index contributed by atoms with van der Waals surface area (Å²) >= 11 is 0. The summed E-state index contributed by atoms with van der Waals surface area (Å²) < 4.78 is 25.4.